The first kappa shape index (κ1) is 16.8. The van der Waals surface area contributed by atoms with Gasteiger partial charge in [0, 0.05) is 0 Å². The monoisotopic (exact) mass is 303 g/mol. The summed E-state index contributed by atoms with van der Waals surface area (Å²) < 4.78 is 45.1. The van der Waals surface area contributed by atoms with Gasteiger partial charge in [-0.1, -0.05) is 0 Å². The summed E-state index contributed by atoms with van der Waals surface area (Å²) in [5, 5.41) is 18.2. The van der Waals surface area contributed by atoms with Gasteiger partial charge in [-0.2, -0.15) is 5.26 Å². The Morgan fingerprint density at radius 1 is 1.43 bits per heavy atom. The predicted molar refractivity (Wildman–Crippen MR) is 64.1 cm³/mol. The van der Waals surface area contributed by atoms with E-state index in [0.29, 0.717) is 0 Å². The first-order valence-electron chi connectivity index (χ1n) is 5.88. The number of esters is 1. The molecular formula is C13H12F3NO4. The van der Waals surface area contributed by atoms with Crippen molar-refractivity contribution in [1.82, 2.24) is 0 Å². The molecule has 1 rings (SSSR count). The van der Waals surface area contributed by atoms with E-state index in [9.17, 15) is 23.1 Å². The summed E-state index contributed by atoms with van der Waals surface area (Å²) in [7, 11) is 0. The number of hydrogen-bond acceptors (Lipinski definition) is 5. The Morgan fingerprint density at radius 2 is 2.10 bits per heavy atom. The molecule has 0 atom stereocenters. The normalized spacial score (nSPS) is 10.9. The number of aliphatic hydroxyl groups is 1. The Morgan fingerprint density at radius 3 is 2.57 bits per heavy atom. The van der Waals surface area contributed by atoms with Crippen molar-refractivity contribution in [3.8, 4) is 11.8 Å². The fraction of sp³-hybridized carbons (Fsp3) is 0.385. The third-order valence-corrected chi connectivity index (χ3v) is 2.47. The summed E-state index contributed by atoms with van der Waals surface area (Å²) in [5.74, 6) is -1.31. The highest BCUT2D eigenvalue weighted by atomic mass is 19.4. The average Bonchev–Trinajstić information content (AvgIpc) is 2.36. The summed E-state index contributed by atoms with van der Waals surface area (Å²) in [6, 6.07) is 3.47. The first-order valence-corrected chi connectivity index (χ1v) is 5.88. The maximum absolute atomic E-state index is 12.2. The second-order valence-electron chi connectivity index (χ2n) is 3.91. The Kier molecular flexibility index (Phi) is 5.55. The molecule has 0 radical (unpaired) electrons. The molecule has 21 heavy (non-hydrogen) atoms. The predicted octanol–water partition coefficient (Wildman–Crippen LogP) is 2.05. The number of halogens is 3. The summed E-state index contributed by atoms with van der Waals surface area (Å²) in [5.41, 5.74) is -0.0760. The maximum Gasteiger partial charge on any atom is 0.573 e. The molecule has 0 fully saturated rings. The lowest BCUT2D eigenvalue weighted by Gasteiger charge is -2.14. The van der Waals surface area contributed by atoms with Gasteiger partial charge in [-0.15, -0.1) is 13.2 Å². The van der Waals surface area contributed by atoms with Crippen molar-refractivity contribution in [1.29, 1.82) is 5.26 Å². The average molecular weight is 303 g/mol. The summed E-state index contributed by atoms with van der Waals surface area (Å²) in [6.45, 7) is 1.09. The molecule has 1 N–H and O–H groups in total. The molecule has 0 bridgehead atoms. The lowest BCUT2D eigenvalue weighted by Crippen LogP contribution is -2.18. The zero-order valence-corrected chi connectivity index (χ0v) is 11.0. The van der Waals surface area contributed by atoms with Gasteiger partial charge in [0.05, 0.1) is 31.3 Å². The molecule has 0 saturated carbocycles. The topological polar surface area (TPSA) is 79.5 Å². The van der Waals surface area contributed by atoms with Crippen LogP contribution < -0.4 is 4.74 Å². The zero-order valence-electron chi connectivity index (χ0n) is 11.0. The zero-order chi connectivity index (χ0) is 16.0. The lowest BCUT2D eigenvalue weighted by atomic mass is 9.99. The van der Waals surface area contributed by atoms with Gasteiger partial charge in [0.25, 0.3) is 0 Å². The van der Waals surface area contributed by atoms with Crippen LogP contribution in [0.15, 0.2) is 12.1 Å². The SMILES string of the molecule is CCOC(=O)Cc1cc(OC(F)(F)F)cc(C#N)c1CO. The van der Waals surface area contributed by atoms with E-state index in [-0.39, 0.29) is 29.7 Å². The van der Waals surface area contributed by atoms with E-state index < -0.39 is 24.7 Å². The van der Waals surface area contributed by atoms with Gasteiger partial charge in [0.1, 0.15) is 5.75 Å². The van der Waals surface area contributed by atoms with Crippen molar-refractivity contribution < 1.29 is 32.5 Å². The highest BCUT2D eigenvalue weighted by molar-refractivity contribution is 5.73. The van der Waals surface area contributed by atoms with Crippen LogP contribution in [0.5, 0.6) is 5.75 Å². The summed E-state index contributed by atoms with van der Waals surface area (Å²) in [4.78, 5) is 11.4. The molecule has 5 nitrogen and oxygen atoms in total. The quantitative estimate of drug-likeness (QED) is 0.842. The Balaban J connectivity index is 3.22. The van der Waals surface area contributed by atoms with Crippen molar-refractivity contribution in [2.75, 3.05) is 6.61 Å². The van der Waals surface area contributed by atoms with E-state index in [1.54, 1.807) is 13.0 Å². The number of benzene rings is 1. The van der Waals surface area contributed by atoms with Gasteiger partial charge in [0.15, 0.2) is 0 Å². The fourth-order valence-corrected chi connectivity index (χ4v) is 1.71. The number of nitriles is 1. The number of alkyl halides is 3. The van der Waals surface area contributed by atoms with E-state index in [2.05, 4.69) is 4.74 Å². The highest BCUT2D eigenvalue weighted by Crippen LogP contribution is 2.28. The van der Waals surface area contributed by atoms with Crippen LogP contribution in [0.1, 0.15) is 23.6 Å². The maximum atomic E-state index is 12.2. The molecule has 0 aliphatic heterocycles. The Bertz CT molecular complexity index is 564. The van der Waals surface area contributed by atoms with Crippen molar-refractivity contribution in [3.63, 3.8) is 0 Å². The largest absolute Gasteiger partial charge is 0.573 e. The van der Waals surface area contributed by atoms with Gasteiger partial charge in [-0.25, -0.2) is 0 Å². The standard InChI is InChI=1S/C13H12F3NO4/c1-2-20-12(19)5-8-3-10(21-13(14,15)16)4-9(6-17)11(8)7-18/h3-4,18H,2,5,7H2,1H3. The number of rotatable bonds is 5. The van der Waals surface area contributed by atoms with Crippen molar-refractivity contribution >= 4 is 5.97 Å². The minimum atomic E-state index is -4.92. The number of aliphatic hydroxyl groups excluding tert-OH is 1. The van der Waals surface area contributed by atoms with E-state index in [1.807, 2.05) is 0 Å². The molecule has 1 aromatic rings. The summed E-state index contributed by atoms with van der Waals surface area (Å²) in [6.07, 6.45) is -5.29. The van der Waals surface area contributed by atoms with E-state index in [1.165, 1.54) is 0 Å². The van der Waals surface area contributed by atoms with Crippen LogP contribution in [0.3, 0.4) is 0 Å². The molecule has 0 aliphatic rings. The van der Waals surface area contributed by atoms with Crippen LogP contribution in [-0.2, 0) is 22.6 Å². The first-order chi connectivity index (χ1) is 9.80. The molecular weight excluding hydrogens is 291 g/mol. The van der Waals surface area contributed by atoms with Gasteiger partial charge < -0.3 is 14.6 Å². The highest BCUT2D eigenvalue weighted by Gasteiger charge is 2.31. The smallest absolute Gasteiger partial charge is 0.466 e. The van der Waals surface area contributed by atoms with Crippen molar-refractivity contribution in [2.24, 2.45) is 0 Å². The van der Waals surface area contributed by atoms with Crippen LogP contribution in [-0.4, -0.2) is 24.0 Å². The molecule has 0 spiro atoms. The van der Waals surface area contributed by atoms with Crippen LogP contribution in [0.25, 0.3) is 0 Å². The van der Waals surface area contributed by atoms with E-state index >= 15 is 0 Å². The van der Waals surface area contributed by atoms with Crippen LogP contribution in [0, 0.1) is 11.3 Å². The molecule has 0 unspecified atom stereocenters. The van der Waals surface area contributed by atoms with Gasteiger partial charge in [-0.05, 0) is 30.2 Å². The fourth-order valence-electron chi connectivity index (χ4n) is 1.71. The molecule has 0 aliphatic carbocycles. The molecule has 1 aromatic carbocycles. The van der Waals surface area contributed by atoms with Crippen LogP contribution in [0.2, 0.25) is 0 Å². The molecule has 0 heterocycles. The van der Waals surface area contributed by atoms with Gasteiger partial charge >= 0.3 is 12.3 Å². The van der Waals surface area contributed by atoms with Gasteiger partial charge in [0.2, 0.25) is 0 Å². The lowest BCUT2D eigenvalue weighted by molar-refractivity contribution is -0.274. The van der Waals surface area contributed by atoms with Crippen LogP contribution in [0.4, 0.5) is 13.2 Å². The van der Waals surface area contributed by atoms with Crippen molar-refractivity contribution in [3.05, 3.63) is 28.8 Å². The number of hydrogen-bond donors (Lipinski definition) is 1. The molecule has 0 saturated heterocycles. The minimum Gasteiger partial charge on any atom is -0.466 e. The Hall–Kier alpha value is -2.27. The van der Waals surface area contributed by atoms with Crippen LogP contribution >= 0.6 is 0 Å². The van der Waals surface area contributed by atoms with E-state index in [4.69, 9.17) is 10.00 Å². The molecule has 0 aromatic heterocycles. The molecule has 0 amide bonds. The molecule has 114 valence electrons. The second kappa shape index (κ2) is 6.95. The second-order valence-corrected chi connectivity index (χ2v) is 3.91. The number of carbonyl (C=O) groups is 1. The third kappa shape index (κ3) is 4.96. The number of ether oxygens (including phenoxy) is 2. The van der Waals surface area contributed by atoms with Gasteiger partial charge in [-0.3, -0.25) is 4.79 Å². The van der Waals surface area contributed by atoms with Crippen molar-refractivity contribution in [2.45, 2.75) is 26.3 Å². The minimum absolute atomic E-state index is 0.0502. The molecule has 8 heteroatoms. The number of carbonyl (C=O) groups excluding carboxylic acids is 1. The summed E-state index contributed by atoms with van der Waals surface area (Å²) >= 11 is 0. The van der Waals surface area contributed by atoms with E-state index in [0.717, 1.165) is 12.1 Å². The Labute approximate surface area is 118 Å². The third-order valence-electron chi connectivity index (χ3n) is 2.47. The number of nitrogens with zero attached hydrogens (tertiary/aromatic N) is 1.